The number of nitrogens with zero attached hydrogens (tertiary/aromatic N) is 1. The van der Waals surface area contributed by atoms with Crippen LogP contribution in [0.2, 0.25) is 0 Å². The fourth-order valence-electron chi connectivity index (χ4n) is 3.08. The van der Waals surface area contributed by atoms with E-state index in [9.17, 15) is 9.59 Å². The highest BCUT2D eigenvalue weighted by Gasteiger charge is 2.33. The minimum absolute atomic E-state index is 0.0444. The van der Waals surface area contributed by atoms with Gasteiger partial charge in [-0.25, -0.2) is 0 Å². The van der Waals surface area contributed by atoms with Gasteiger partial charge in [-0.3, -0.25) is 9.59 Å². The van der Waals surface area contributed by atoms with Gasteiger partial charge in [0.05, 0.1) is 12.2 Å². The average molecular weight is 366 g/mol. The molecule has 140 valence electrons. The molecule has 1 aliphatic carbocycles. The summed E-state index contributed by atoms with van der Waals surface area (Å²) >= 11 is 0. The molecule has 0 bridgehead atoms. The number of carbonyl (C=O) groups is 2. The fourth-order valence-corrected chi connectivity index (χ4v) is 3.08. The topological polar surface area (TPSA) is 67.9 Å². The van der Waals surface area contributed by atoms with Crippen molar-refractivity contribution in [3.8, 4) is 11.5 Å². The lowest BCUT2D eigenvalue weighted by molar-refractivity contribution is -0.125. The summed E-state index contributed by atoms with van der Waals surface area (Å²) < 4.78 is 11.5. The van der Waals surface area contributed by atoms with Crippen LogP contribution in [0.5, 0.6) is 11.5 Å². The first-order chi connectivity index (χ1) is 13.1. The Morgan fingerprint density at radius 1 is 1.22 bits per heavy atom. The van der Waals surface area contributed by atoms with Crippen LogP contribution in [-0.4, -0.2) is 31.1 Å². The number of hydrogen-bond donors (Lipinski definition) is 1. The standard InChI is InChI=1S/C21H22N2O4/c1-14-21(25)23(11-12-26-17-5-3-2-4-6-17)18-10-9-16(13-19(18)27-14)22-20(24)15-7-8-15/h2-6,9-10,13-15H,7-8,11-12H2,1H3,(H,22,24). The zero-order valence-electron chi connectivity index (χ0n) is 15.2. The van der Waals surface area contributed by atoms with Crippen LogP contribution in [0, 0.1) is 5.92 Å². The Hall–Kier alpha value is -3.02. The van der Waals surface area contributed by atoms with Crippen LogP contribution >= 0.6 is 0 Å². The Morgan fingerprint density at radius 2 is 2.00 bits per heavy atom. The lowest BCUT2D eigenvalue weighted by Gasteiger charge is -2.33. The summed E-state index contributed by atoms with van der Waals surface area (Å²) in [6, 6.07) is 14.9. The van der Waals surface area contributed by atoms with E-state index in [1.54, 1.807) is 24.0 Å². The second kappa shape index (κ2) is 7.31. The van der Waals surface area contributed by atoms with Gasteiger partial charge in [0.15, 0.2) is 6.10 Å². The number of carbonyl (C=O) groups excluding carboxylic acids is 2. The first kappa shape index (κ1) is 17.4. The van der Waals surface area contributed by atoms with Gasteiger partial charge in [-0.15, -0.1) is 0 Å². The summed E-state index contributed by atoms with van der Waals surface area (Å²) in [5.41, 5.74) is 1.38. The maximum atomic E-state index is 12.6. The summed E-state index contributed by atoms with van der Waals surface area (Å²) in [6.45, 7) is 2.52. The van der Waals surface area contributed by atoms with E-state index in [-0.39, 0.29) is 17.7 Å². The molecule has 27 heavy (non-hydrogen) atoms. The maximum absolute atomic E-state index is 12.6. The van der Waals surface area contributed by atoms with Gasteiger partial charge in [0.1, 0.15) is 18.1 Å². The zero-order chi connectivity index (χ0) is 18.8. The normalized spacial score (nSPS) is 18.5. The highest BCUT2D eigenvalue weighted by atomic mass is 16.5. The van der Waals surface area contributed by atoms with Crippen LogP contribution < -0.4 is 19.7 Å². The Kier molecular flexibility index (Phi) is 4.71. The number of hydrogen-bond acceptors (Lipinski definition) is 4. The second-order valence-corrected chi connectivity index (χ2v) is 6.86. The molecular weight excluding hydrogens is 344 g/mol. The molecule has 0 spiro atoms. The third-order valence-corrected chi connectivity index (χ3v) is 4.71. The van der Waals surface area contributed by atoms with Crippen LogP contribution in [0.25, 0.3) is 0 Å². The number of benzene rings is 2. The Morgan fingerprint density at radius 3 is 2.74 bits per heavy atom. The fraction of sp³-hybridized carbons (Fsp3) is 0.333. The number of nitrogens with one attached hydrogen (secondary N) is 1. The van der Waals surface area contributed by atoms with Crippen LogP contribution in [0.3, 0.4) is 0 Å². The third-order valence-electron chi connectivity index (χ3n) is 4.71. The molecule has 1 heterocycles. The van der Waals surface area contributed by atoms with Gasteiger partial charge in [0.2, 0.25) is 5.91 Å². The van der Waals surface area contributed by atoms with Gasteiger partial charge in [0.25, 0.3) is 5.91 Å². The summed E-state index contributed by atoms with van der Waals surface area (Å²) in [5.74, 6) is 1.44. The largest absolute Gasteiger partial charge is 0.492 e. The minimum atomic E-state index is -0.580. The molecule has 2 amide bonds. The molecule has 6 heteroatoms. The zero-order valence-corrected chi connectivity index (χ0v) is 15.2. The van der Waals surface area contributed by atoms with Crippen molar-refractivity contribution in [2.24, 2.45) is 5.92 Å². The third kappa shape index (κ3) is 3.89. The Balaban J connectivity index is 1.47. The van der Waals surface area contributed by atoms with E-state index >= 15 is 0 Å². The molecule has 2 aromatic carbocycles. The number of anilines is 2. The highest BCUT2D eigenvalue weighted by Crippen LogP contribution is 2.37. The number of para-hydroxylation sites is 1. The molecule has 4 rings (SSSR count). The maximum Gasteiger partial charge on any atom is 0.267 e. The van der Waals surface area contributed by atoms with E-state index in [0.29, 0.717) is 30.3 Å². The van der Waals surface area contributed by atoms with Crippen LogP contribution in [0.4, 0.5) is 11.4 Å². The van der Waals surface area contributed by atoms with Crippen molar-refractivity contribution in [2.45, 2.75) is 25.9 Å². The highest BCUT2D eigenvalue weighted by molar-refractivity contribution is 6.01. The predicted molar refractivity (Wildman–Crippen MR) is 102 cm³/mol. The predicted octanol–water partition coefficient (Wildman–Crippen LogP) is 3.23. The molecule has 1 saturated carbocycles. The molecular formula is C21H22N2O4. The molecule has 2 aliphatic rings. The summed E-state index contributed by atoms with van der Waals surface area (Å²) in [5, 5.41) is 2.91. The van der Waals surface area contributed by atoms with Gasteiger partial charge in [-0.2, -0.15) is 0 Å². The molecule has 6 nitrogen and oxygen atoms in total. The molecule has 1 N–H and O–H groups in total. The monoisotopic (exact) mass is 366 g/mol. The first-order valence-electron chi connectivity index (χ1n) is 9.22. The second-order valence-electron chi connectivity index (χ2n) is 6.86. The Bertz CT molecular complexity index is 849. The average Bonchev–Trinajstić information content (AvgIpc) is 3.51. The van der Waals surface area contributed by atoms with Crippen molar-refractivity contribution >= 4 is 23.2 Å². The molecule has 1 fully saturated rings. The van der Waals surface area contributed by atoms with Gasteiger partial charge in [-0.05, 0) is 44.0 Å². The molecule has 0 radical (unpaired) electrons. The van der Waals surface area contributed by atoms with Crippen molar-refractivity contribution in [3.05, 3.63) is 48.5 Å². The molecule has 1 aliphatic heterocycles. The number of fused-ring (bicyclic) bond motifs is 1. The Labute approximate surface area is 158 Å². The van der Waals surface area contributed by atoms with E-state index in [2.05, 4.69) is 5.32 Å². The minimum Gasteiger partial charge on any atom is -0.492 e. The smallest absolute Gasteiger partial charge is 0.267 e. The van der Waals surface area contributed by atoms with E-state index in [1.165, 1.54) is 0 Å². The van der Waals surface area contributed by atoms with E-state index in [1.807, 2.05) is 36.4 Å². The summed E-state index contributed by atoms with van der Waals surface area (Å²) in [7, 11) is 0. The van der Waals surface area contributed by atoms with Crippen molar-refractivity contribution in [2.75, 3.05) is 23.4 Å². The van der Waals surface area contributed by atoms with Crippen molar-refractivity contribution in [1.82, 2.24) is 0 Å². The van der Waals surface area contributed by atoms with E-state index in [4.69, 9.17) is 9.47 Å². The lowest BCUT2D eigenvalue weighted by atomic mass is 10.1. The summed E-state index contributed by atoms with van der Waals surface area (Å²) in [4.78, 5) is 26.2. The van der Waals surface area contributed by atoms with Gasteiger partial charge in [0, 0.05) is 17.7 Å². The number of ether oxygens (including phenoxy) is 2. The first-order valence-corrected chi connectivity index (χ1v) is 9.22. The molecule has 0 saturated heterocycles. The van der Waals surface area contributed by atoms with Crippen molar-refractivity contribution in [3.63, 3.8) is 0 Å². The van der Waals surface area contributed by atoms with Gasteiger partial charge < -0.3 is 19.7 Å². The van der Waals surface area contributed by atoms with E-state index in [0.717, 1.165) is 18.6 Å². The lowest BCUT2D eigenvalue weighted by Crippen LogP contribution is -2.46. The molecule has 1 unspecified atom stereocenters. The van der Waals surface area contributed by atoms with Gasteiger partial charge in [-0.1, -0.05) is 18.2 Å². The number of rotatable bonds is 6. The quantitative estimate of drug-likeness (QED) is 0.852. The van der Waals surface area contributed by atoms with Crippen LogP contribution in [0.15, 0.2) is 48.5 Å². The van der Waals surface area contributed by atoms with E-state index < -0.39 is 6.10 Å². The molecule has 0 aromatic heterocycles. The van der Waals surface area contributed by atoms with Gasteiger partial charge >= 0.3 is 0 Å². The SMILES string of the molecule is CC1Oc2cc(NC(=O)C3CC3)ccc2N(CCOc2ccccc2)C1=O. The van der Waals surface area contributed by atoms with Crippen LogP contribution in [-0.2, 0) is 9.59 Å². The number of amides is 2. The molecule has 1 atom stereocenters. The summed E-state index contributed by atoms with van der Waals surface area (Å²) in [6.07, 6.45) is 1.32. The van der Waals surface area contributed by atoms with Crippen LogP contribution in [0.1, 0.15) is 19.8 Å². The molecule has 2 aromatic rings. The van der Waals surface area contributed by atoms with Crippen molar-refractivity contribution in [1.29, 1.82) is 0 Å². The van der Waals surface area contributed by atoms with Crippen molar-refractivity contribution < 1.29 is 19.1 Å².